The molecule has 1 aromatic heterocycles. The molecule has 0 aliphatic heterocycles. The summed E-state index contributed by atoms with van der Waals surface area (Å²) in [6.07, 6.45) is 0. The quantitative estimate of drug-likeness (QED) is 0.496. The Bertz CT molecular complexity index is 944. The highest BCUT2D eigenvalue weighted by Crippen LogP contribution is 2.27. The van der Waals surface area contributed by atoms with Crippen molar-refractivity contribution in [3.63, 3.8) is 0 Å². The van der Waals surface area contributed by atoms with Crippen LogP contribution in [0.25, 0.3) is 11.0 Å². The summed E-state index contributed by atoms with van der Waals surface area (Å²) in [6, 6.07) is 15.5. The molecule has 0 saturated heterocycles. The van der Waals surface area contributed by atoms with Crippen LogP contribution in [0.3, 0.4) is 0 Å². The highest BCUT2D eigenvalue weighted by Gasteiger charge is 2.15. The van der Waals surface area contributed by atoms with E-state index in [1.165, 1.54) is 11.8 Å². The van der Waals surface area contributed by atoms with Crippen LogP contribution in [0.15, 0.2) is 53.7 Å². The number of amides is 1. The highest BCUT2D eigenvalue weighted by molar-refractivity contribution is 7.99. The fourth-order valence-corrected chi connectivity index (χ4v) is 3.40. The predicted molar refractivity (Wildman–Crippen MR) is 101 cm³/mol. The van der Waals surface area contributed by atoms with E-state index in [2.05, 4.69) is 4.98 Å². The molecule has 0 radical (unpaired) electrons. The Balaban J connectivity index is 1.84. The number of esters is 1. The summed E-state index contributed by atoms with van der Waals surface area (Å²) in [4.78, 5) is 27.0. The lowest BCUT2D eigenvalue weighted by Crippen LogP contribution is -2.21. The maximum Gasteiger partial charge on any atom is 0.316 e. The Morgan fingerprint density at radius 2 is 1.96 bits per heavy atom. The normalized spacial score (nSPS) is 10.8. The molecule has 1 amide bonds. The fraction of sp³-hybridized carbons (Fsp3) is 0.167. The Hall–Kier alpha value is -2.51. The molecule has 0 unspecified atom stereocenters. The van der Waals surface area contributed by atoms with Crippen LogP contribution in [0.1, 0.15) is 5.56 Å². The summed E-state index contributed by atoms with van der Waals surface area (Å²) in [5.41, 5.74) is 7.76. The molecular formula is C18H16ClN3O3S. The molecular weight excluding hydrogens is 374 g/mol. The van der Waals surface area contributed by atoms with E-state index < -0.39 is 18.5 Å². The molecule has 2 N–H and O–H groups in total. The van der Waals surface area contributed by atoms with E-state index in [9.17, 15) is 9.59 Å². The van der Waals surface area contributed by atoms with Crippen LogP contribution in [0.4, 0.5) is 0 Å². The lowest BCUT2D eigenvalue weighted by atomic mass is 10.2. The van der Waals surface area contributed by atoms with E-state index >= 15 is 0 Å². The maximum atomic E-state index is 11.8. The minimum absolute atomic E-state index is 0.0269. The first kappa shape index (κ1) is 18.3. The number of hydrogen-bond donors (Lipinski definition) is 1. The van der Waals surface area contributed by atoms with E-state index in [-0.39, 0.29) is 5.75 Å². The van der Waals surface area contributed by atoms with Crippen LogP contribution < -0.4 is 5.73 Å². The molecule has 6 nitrogen and oxygen atoms in total. The topological polar surface area (TPSA) is 87.2 Å². The number of thioether (sulfide) groups is 1. The highest BCUT2D eigenvalue weighted by atomic mass is 35.5. The third kappa shape index (κ3) is 4.56. The second-order valence-electron chi connectivity index (χ2n) is 5.51. The zero-order chi connectivity index (χ0) is 18.5. The van der Waals surface area contributed by atoms with Crippen molar-refractivity contribution in [3.05, 3.63) is 59.1 Å². The first-order chi connectivity index (χ1) is 12.5. The van der Waals surface area contributed by atoms with Crippen molar-refractivity contribution in [1.82, 2.24) is 9.55 Å². The zero-order valence-electron chi connectivity index (χ0n) is 13.7. The fourth-order valence-electron chi connectivity index (χ4n) is 2.43. The Morgan fingerprint density at radius 3 is 2.69 bits per heavy atom. The molecule has 0 spiro atoms. The molecule has 3 rings (SSSR count). The molecule has 0 fully saturated rings. The van der Waals surface area contributed by atoms with Gasteiger partial charge in [0.15, 0.2) is 11.8 Å². The van der Waals surface area contributed by atoms with Crippen molar-refractivity contribution >= 4 is 46.3 Å². The first-order valence-electron chi connectivity index (χ1n) is 7.79. The molecule has 0 saturated carbocycles. The molecule has 0 bridgehead atoms. The van der Waals surface area contributed by atoms with Gasteiger partial charge in [0, 0.05) is 5.02 Å². The van der Waals surface area contributed by atoms with Crippen molar-refractivity contribution in [2.24, 2.45) is 5.73 Å². The molecule has 1 heterocycles. The summed E-state index contributed by atoms with van der Waals surface area (Å²) in [5.74, 6) is -1.18. The van der Waals surface area contributed by atoms with Gasteiger partial charge in [0.2, 0.25) is 0 Å². The minimum Gasteiger partial charge on any atom is -0.455 e. The lowest BCUT2D eigenvalue weighted by Gasteiger charge is -2.09. The van der Waals surface area contributed by atoms with Gasteiger partial charge in [-0.2, -0.15) is 0 Å². The standard InChI is InChI=1S/C18H16ClN3O3S/c19-13-6-7-15-14(8-13)21-18(26-11-17(24)25-10-16(20)23)22(15)9-12-4-2-1-3-5-12/h1-8H,9-11H2,(H2,20,23). The van der Waals surface area contributed by atoms with E-state index in [1.54, 1.807) is 6.07 Å². The summed E-state index contributed by atoms with van der Waals surface area (Å²) in [5, 5.41) is 1.27. The van der Waals surface area contributed by atoms with E-state index in [1.807, 2.05) is 47.0 Å². The number of nitrogens with zero attached hydrogens (tertiary/aromatic N) is 2. The number of imidazole rings is 1. The monoisotopic (exact) mass is 389 g/mol. The predicted octanol–water partition coefficient (Wildman–Crippen LogP) is 2.86. The molecule has 2 aromatic carbocycles. The van der Waals surface area contributed by atoms with Gasteiger partial charge in [0.1, 0.15) is 0 Å². The second-order valence-corrected chi connectivity index (χ2v) is 6.89. The molecule has 0 aliphatic carbocycles. The summed E-state index contributed by atoms with van der Waals surface area (Å²) in [6.45, 7) is 0.188. The second kappa shape index (κ2) is 8.25. The number of primary amides is 1. The summed E-state index contributed by atoms with van der Waals surface area (Å²) >= 11 is 7.30. The largest absolute Gasteiger partial charge is 0.455 e. The van der Waals surface area contributed by atoms with Crippen LogP contribution in [0, 0.1) is 0 Å². The van der Waals surface area contributed by atoms with Gasteiger partial charge in [-0.05, 0) is 23.8 Å². The third-order valence-electron chi connectivity index (χ3n) is 3.55. The third-order valence-corrected chi connectivity index (χ3v) is 4.74. The smallest absolute Gasteiger partial charge is 0.316 e. The van der Waals surface area contributed by atoms with Gasteiger partial charge < -0.3 is 15.0 Å². The number of carbonyl (C=O) groups is 2. The average molecular weight is 390 g/mol. The number of rotatable bonds is 7. The Kier molecular flexibility index (Phi) is 5.80. The van der Waals surface area contributed by atoms with Gasteiger partial charge >= 0.3 is 5.97 Å². The number of aromatic nitrogens is 2. The van der Waals surface area contributed by atoms with Crippen LogP contribution in [-0.4, -0.2) is 33.8 Å². The van der Waals surface area contributed by atoms with Crippen LogP contribution in [0.2, 0.25) is 5.02 Å². The average Bonchev–Trinajstić information content (AvgIpc) is 2.95. The lowest BCUT2D eigenvalue weighted by molar-refractivity contribution is -0.145. The van der Waals surface area contributed by atoms with E-state index in [4.69, 9.17) is 22.1 Å². The van der Waals surface area contributed by atoms with Crippen molar-refractivity contribution in [2.75, 3.05) is 12.4 Å². The molecule has 8 heteroatoms. The Labute approximate surface area is 159 Å². The van der Waals surface area contributed by atoms with Crippen molar-refractivity contribution < 1.29 is 14.3 Å². The molecule has 3 aromatic rings. The van der Waals surface area contributed by atoms with Crippen LogP contribution in [0.5, 0.6) is 0 Å². The number of fused-ring (bicyclic) bond motifs is 1. The van der Waals surface area contributed by atoms with Gasteiger partial charge in [-0.25, -0.2) is 4.98 Å². The molecule has 26 heavy (non-hydrogen) atoms. The van der Waals surface area contributed by atoms with Crippen LogP contribution >= 0.6 is 23.4 Å². The number of ether oxygens (including phenoxy) is 1. The van der Waals surface area contributed by atoms with Gasteiger partial charge in [0.05, 0.1) is 23.3 Å². The van der Waals surface area contributed by atoms with Gasteiger partial charge in [-0.15, -0.1) is 0 Å². The van der Waals surface area contributed by atoms with Crippen LogP contribution in [-0.2, 0) is 20.9 Å². The molecule has 0 aliphatic rings. The SMILES string of the molecule is NC(=O)COC(=O)CSc1nc2cc(Cl)ccc2n1Cc1ccccc1. The summed E-state index contributed by atoms with van der Waals surface area (Å²) < 4.78 is 6.80. The van der Waals surface area contributed by atoms with E-state index in [0.29, 0.717) is 16.7 Å². The zero-order valence-corrected chi connectivity index (χ0v) is 15.3. The minimum atomic E-state index is -0.686. The summed E-state index contributed by atoms with van der Waals surface area (Å²) in [7, 11) is 0. The van der Waals surface area contributed by atoms with Gasteiger partial charge in [-0.1, -0.05) is 53.7 Å². The van der Waals surface area contributed by atoms with Crippen molar-refractivity contribution in [1.29, 1.82) is 0 Å². The first-order valence-corrected chi connectivity index (χ1v) is 9.16. The number of halogens is 1. The maximum absolute atomic E-state index is 11.8. The van der Waals surface area contributed by atoms with Gasteiger partial charge in [-0.3, -0.25) is 9.59 Å². The number of benzene rings is 2. The molecule has 0 atom stereocenters. The Morgan fingerprint density at radius 1 is 1.19 bits per heavy atom. The number of nitrogens with two attached hydrogens (primary N) is 1. The molecule has 134 valence electrons. The van der Waals surface area contributed by atoms with Crippen molar-refractivity contribution in [3.8, 4) is 0 Å². The van der Waals surface area contributed by atoms with Crippen molar-refractivity contribution in [2.45, 2.75) is 11.7 Å². The number of carbonyl (C=O) groups excluding carboxylic acids is 2. The number of hydrogen-bond acceptors (Lipinski definition) is 5. The van der Waals surface area contributed by atoms with E-state index in [0.717, 1.165) is 16.6 Å². The van der Waals surface area contributed by atoms with Gasteiger partial charge in [0.25, 0.3) is 5.91 Å².